The summed E-state index contributed by atoms with van der Waals surface area (Å²) < 4.78 is 0. The van der Waals surface area contributed by atoms with E-state index in [1.807, 2.05) is 7.05 Å². The molecule has 90 valence electrons. The molecule has 1 N–H and O–H groups in total. The summed E-state index contributed by atoms with van der Waals surface area (Å²) in [5.41, 5.74) is 2.19. The van der Waals surface area contributed by atoms with Crippen molar-refractivity contribution in [1.29, 1.82) is 0 Å². The number of aromatic carboxylic acids is 1. The number of carbonyl (C=O) groups is 1. The zero-order chi connectivity index (χ0) is 10.1. The second-order valence-electron chi connectivity index (χ2n) is 3.58. The number of carboxylic acid groups (broad SMARTS) is 1. The first-order valence-corrected chi connectivity index (χ1v) is 4.57. The summed E-state index contributed by atoms with van der Waals surface area (Å²) >= 11 is 0. The van der Waals surface area contributed by atoms with Crippen LogP contribution in [0.4, 0.5) is 0 Å². The van der Waals surface area contributed by atoms with Crippen molar-refractivity contribution >= 4 is 30.8 Å². The third kappa shape index (κ3) is 2.84. The van der Waals surface area contributed by atoms with Gasteiger partial charge >= 0.3 is 5.97 Å². The van der Waals surface area contributed by atoms with Crippen LogP contribution in [0.5, 0.6) is 0 Å². The summed E-state index contributed by atoms with van der Waals surface area (Å²) in [5, 5.41) is 8.98. The van der Waals surface area contributed by atoms with Gasteiger partial charge in [0.2, 0.25) is 0 Å². The van der Waals surface area contributed by atoms with E-state index < -0.39 is 5.97 Å². The number of hydrogen-bond donors (Lipinski definition) is 1. The van der Waals surface area contributed by atoms with Gasteiger partial charge in [-0.15, -0.1) is 24.8 Å². The second-order valence-corrected chi connectivity index (χ2v) is 3.58. The Morgan fingerprint density at radius 1 is 1.50 bits per heavy atom. The molecule has 0 unspecified atom stereocenters. The minimum absolute atomic E-state index is 0. The molecule has 1 aromatic rings. The van der Waals surface area contributed by atoms with Crippen molar-refractivity contribution in [1.82, 2.24) is 9.88 Å². The summed E-state index contributed by atoms with van der Waals surface area (Å²) in [6, 6.07) is 1.57. The van der Waals surface area contributed by atoms with Gasteiger partial charge in [-0.2, -0.15) is 0 Å². The molecule has 2 heterocycles. The van der Waals surface area contributed by atoms with E-state index >= 15 is 0 Å². The number of fused-ring (bicyclic) bond motifs is 1. The zero-order valence-electron chi connectivity index (χ0n) is 8.84. The molecule has 2 rings (SSSR count). The van der Waals surface area contributed by atoms with Crippen LogP contribution in [0.2, 0.25) is 0 Å². The average molecular weight is 265 g/mol. The molecule has 0 saturated carbocycles. The van der Waals surface area contributed by atoms with Gasteiger partial charge in [-0.05, 0) is 13.1 Å². The highest BCUT2D eigenvalue weighted by Crippen LogP contribution is 2.19. The molecule has 0 bridgehead atoms. The summed E-state index contributed by atoms with van der Waals surface area (Å²) in [6.45, 7) is 1.63. The first-order valence-electron chi connectivity index (χ1n) is 4.57. The molecule has 0 aliphatic carbocycles. The fraction of sp³-hybridized carbons (Fsp3) is 0.400. The number of likely N-dealkylation sites (N-methyl/N-ethyl adjacent to an activating group) is 1. The molecule has 0 atom stereocenters. The summed E-state index contributed by atoms with van der Waals surface area (Å²) in [6.07, 6.45) is 2.42. The highest BCUT2D eigenvalue weighted by molar-refractivity contribution is 5.89. The van der Waals surface area contributed by atoms with Crippen molar-refractivity contribution in [2.45, 2.75) is 13.0 Å². The second kappa shape index (κ2) is 6.03. The van der Waals surface area contributed by atoms with E-state index in [2.05, 4.69) is 9.88 Å². The first-order chi connectivity index (χ1) is 6.68. The molecule has 4 nitrogen and oxygen atoms in total. The molecule has 1 aliphatic rings. The highest BCUT2D eigenvalue weighted by atomic mass is 35.5. The lowest BCUT2D eigenvalue weighted by molar-refractivity contribution is 0.0694. The molecule has 1 aromatic heterocycles. The number of carboxylic acids is 1. The summed E-state index contributed by atoms with van der Waals surface area (Å²) in [4.78, 5) is 17.2. The van der Waals surface area contributed by atoms with Gasteiger partial charge in [0.05, 0.1) is 5.56 Å². The van der Waals surface area contributed by atoms with Crippen LogP contribution in [0.15, 0.2) is 12.3 Å². The standard InChI is InChI=1S/C10H12N2O2.2ClH/c1-12-5-3-9-8(6-12)7(10(13)14)2-4-11-9;;/h2,4H,3,5-6H2,1H3,(H,13,14);2*1H. The normalized spacial score (nSPS) is 14.3. The van der Waals surface area contributed by atoms with Gasteiger partial charge in [-0.3, -0.25) is 4.98 Å². The van der Waals surface area contributed by atoms with Gasteiger partial charge in [-0.25, -0.2) is 4.79 Å². The van der Waals surface area contributed by atoms with Crippen molar-refractivity contribution in [2.75, 3.05) is 13.6 Å². The monoisotopic (exact) mass is 264 g/mol. The van der Waals surface area contributed by atoms with Crippen LogP contribution in [0, 0.1) is 0 Å². The van der Waals surface area contributed by atoms with E-state index in [0.717, 1.165) is 24.2 Å². The van der Waals surface area contributed by atoms with E-state index in [1.54, 1.807) is 12.3 Å². The molecule has 16 heavy (non-hydrogen) atoms. The molecule has 0 fully saturated rings. The van der Waals surface area contributed by atoms with Crippen molar-refractivity contribution in [3.63, 3.8) is 0 Å². The molecule has 0 amide bonds. The maximum absolute atomic E-state index is 10.9. The minimum atomic E-state index is -0.862. The predicted octanol–water partition coefficient (Wildman–Crippen LogP) is 1.61. The van der Waals surface area contributed by atoms with E-state index in [1.165, 1.54) is 0 Å². The SMILES string of the molecule is CN1CCc2nccc(C(=O)O)c2C1.Cl.Cl. The molecular weight excluding hydrogens is 251 g/mol. The Kier molecular flexibility index (Phi) is 5.72. The van der Waals surface area contributed by atoms with Crippen molar-refractivity contribution < 1.29 is 9.90 Å². The van der Waals surface area contributed by atoms with E-state index in [-0.39, 0.29) is 24.8 Å². The topological polar surface area (TPSA) is 53.4 Å². The first kappa shape index (κ1) is 15.2. The molecule has 0 spiro atoms. The number of halogens is 2. The Morgan fingerprint density at radius 2 is 2.19 bits per heavy atom. The Morgan fingerprint density at radius 3 is 2.81 bits per heavy atom. The predicted molar refractivity (Wildman–Crippen MR) is 65.7 cm³/mol. The average Bonchev–Trinajstić information content (AvgIpc) is 2.16. The van der Waals surface area contributed by atoms with Crippen LogP contribution in [-0.2, 0) is 13.0 Å². The summed E-state index contributed by atoms with van der Waals surface area (Å²) in [5.74, 6) is -0.862. The van der Waals surface area contributed by atoms with Crippen LogP contribution >= 0.6 is 24.8 Å². The number of pyridine rings is 1. The Labute approximate surface area is 106 Å². The van der Waals surface area contributed by atoms with Crippen LogP contribution in [0.25, 0.3) is 0 Å². The minimum Gasteiger partial charge on any atom is -0.478 e. The molecule has 0 saturated heterocycles. The van der Waals surface area contributed by atoms with Crippen molar-refractivity contribution in [2.24, 2.45) is 0 Å². The fourth-order valence-electron chi connectivity index (χ4n) is 1.77. The third-order valence-corrected chi connectivity index (χ3v) is 2.53. The van der Waals surface area contributed by atoms with Gasteiger partial charge in [-0.1, -0.05) is 0 Å². The molecular formula is C10H14Cl2N2O2. The Bertz CT molecular complexity index is 385. The maximum atomic E-state index is 10.9. The quantitative estimate of drug-likeness (QED) is 0.838. The van der Waals surface area contributed by atoms with Crippen molar-refractivity contribution in [3.05, 3.63) is 29.1 Å². The molecule has 0 radical (unpaired) electrons. The maximum Gasteiger partial charge on any atom is 0.336 e. The number of nitrogens with zero attached hydrogens (tertiary/aromatic N) is 2. The number of aromatic nitrogens is 1. The number of rotatable bonds is 1. The molecule has 6 heteroatoms. The fourth-order valence-corrected chi connectivity index (χ4v) is 1.77. The van der Waals surface area contributed by atoms with Gasteiger partial charge in [0.25, 0.3) is 0 Å². The lowest BCUT2D eigenvalue weighted by atomic mass is 10.0. The van der Waals surface area contributed by atoms with Gasteiger partial charge in [0, 0.05) is 37.0 Å². The molecule has 1 aliphatic heterocycles. The number of hydrogen-bond acceptors (Lipinski definition) is 3. The van der Waals surface area contributed by atoms with Crippen molar-refractivity contribution in [3.8, 4) is 0 Å². The summed E-state index contributed by atoms with van der Waals surface area (Å²) in [7, 11) is 1.99. The smallest absolute Gasteiger partial charge is 0.336 e. The molecule has 0 aromatic carbocycles. The Hall–Kier alpha value is -0.840. The van der Waals surface area contributed by atoms with Gasteiger partial charge in [0.15, 0.2) is 0 Å². The van der Waals surface area contributed by atoms with Gasteiger partial charge in [0.1, 0.15) is 0 Å². The zero-order valence-corrected chi connectivity index (χ0v) is 10.5. The van der Waals surface area contributed by atoms with Crippen LogP contribution in [0.3, 0.4) is 0 Å². The van der Waals surface area contributed by atoms with E-state index in [4.69, 9.17) is 5.11 Å². The van der Waals surface area contributed by atoms with Crippen LogP contribution < -0.4 is 0 Å². The largest absolute Gasteiger partial charge is 0.478 e. The van der Waals surface area contributed by atoms with Gasteiger partial charge < -0.3 is 10.0 Å². The lowest BCUT2D eigenvalue weighted by Crippen LogP contribution is -2.28. The third-order valence-electron chi connectivity index (χ3n) is 2.53. The highest BCUT2D eigenvalue weighted by Gasteiger charge is 2.20. The van der Waals surface area contributed by atoms with E-state index in [9.17, 15) is 4.79 Å². The Balaban J connectivity index is 0.00000112. The van der Waals surface area contributed by atoms with E-state index in [0.29, 0.717) is 12.1 Å². The lowest BCUT2D eigenvalue weighted by Gasteiger charge is -2.24. The van der Waals surface area contributed by atoms with Crippen LogP contribution in [0.1, 0.15) is 21.6 Å². The van der Waals surface area contributed by atoms with Crippen LogP contribution in [-0.4, -0.2) is 34.6 Å².